The van der Waals surface area contributed by atoms with Crippen LogP contribution >= 0.6 is 22.9 Å². The molecule has 7 aromatic rings. The largest absolute Gasteiger partial charge is 0.456 e. The number of hydrogen-bond donors (Lipinski definition) is 0. The lowest BCUT2D eigenvalue weighted by molar-refractivity contribution is 0.669. The van der Waals surface area contributed by atoms with E-state index in [1.54, 1.807) is 0 Å². The molecule has 0 spiro atoms. The van der Waals surface area contributed by atoms with Crippen LogP contribution in [0.2, 0.25) is 5.15 Å². The fraction of sp³-hybridized carbons (Fsp3) is 0. The van der Waals surface area contributed by atoms with Crippen LogP contribution in [0.3, 0.4) is 0 Å². The molecule has 0 saturated heterocycles. The van der Waals surface area contributed by atoms with E-state index in [-0.39, 0.29) is 0 Å². The second kappa shape index (κ2) is 7.17. The minimum absolute atomic E-state index is 0.481. The van der Waals surface area contributed by atoms with Crippen molar-refractivity contribution in [2.45, 2.75) is 0 Å². The highest BCUT2D eigenvalue weighted by Gasteiger charge is 2.16. The second-order valence-electron chi connectivity index (χ2n) is 8.15. The molecule has 156 valence electrons. The first-order valence-corrected chi connectivity index (χ1v) is 11.9. The molecule has 0 aliphatic heterocycles. The van der Waals surface area contributed by atoms with Gasteiger partial charge in [-0.15, -0.1) is 11.3 Å². The average Bonchev–Trinajstić information content (AvgIpc) is 3.41. The number of pyridine rings is 1. The number of furan rings is 1. The quantitative estimate of drug-likeness (QED) is 0.240. The molecule has 4 aromatic carbocycles. The van der Waals surface area contributed by atoms with Gasteiger partial charge in [0.1, 0.15) is 16.3 Å². The second-order valence-corrected chi connectivity index (χ2v) is 9.62. The van der Waals surface area contributed by atoms with Gasteiger partial charge in [-0.25, -0.2) is 4.98 Å². The van der Waals surface area contributed by atoms with Crippen LogP contribution in [0.1, 0.15) is 0 Å². The Balaban J connectivity index is 1.50. The van der Waals surface area contributed by atoms with Crippen molar-refractivity contribution in [3.8, 4) is 22.4 Å². The van der Waals surface area contributed by atoms with Gasteiger partial charge in [0, 0.05) is 36.5 Å². The van der Waals surface area contributed by atoms with Crippen molar-refractivity contribution in [3.05, 3.63) is 102 Å². The summed E-state index contributed by atoms with van der Waals surface area (Å²) >= 11 is 8.26. The Labute approximate surface area is 198 Å². The zero-order chi connectivity index (χ0) is 21.9. The third-order valence-corrected chi connectivity index (χ3v) is 7.50. The summed E-state index contributed by atoms with van der Waals surface area (Å²) < 4.78 is 8.80. The summed E-state index contributed by atoms with van der Waals surface area (Å²) in [5.41, 5.74) is 5.81. The number of halogens is 1. The molecule has 0 bridgehead atoms. The highest BCUT2D eigenvalue weighted by atomic mass is 35.5. The molecule has 0 aliphatic rings. The monoisotopic (exact) mass is 461 g/mol. The average molecular weight is 462 g/mol. The molecule has 7 rings (SSSR count). The minimum Gasteiger partial charge on any atom is -0.456 e. The molecule has 0 saturated carbocycles. The Morgan fingerprint density at radius 1 is 0.606 bits per heavy atom. The fourth-order valence-electron chi connectivity index (χ4n) is 4.68. The smallest absolute Gasteiger partial charge is 0.136 e. The molecule has 0 radical (unpaired) electrons. The molecule has 3 aromatic heterocycles. The zero-order valence-electron chi connectivity index (χ0n) is 17.4. The van der Waals surface area contributed by atoms with Gasteiger partial charge in [-0.3, -0.25) is 0 Å². The third-order valence-electron chi connectivity index (χ3n) is 6.17. The van der Waals surface area contributed by atoms with Gasteiger partial charge in [0.05, 0.1) is 5.69 Å². The normalized spacial score (nSPS) is 11.8. The lowest BCUT2D eigenvalue weighted by atomic mass is 10.0. The van der Waals surface area contributed by atoms with Crippen molar-refractivity contribution in [1.29, 1.82) is 0 Å². The SMILES string of the molecule is Clc1cc(-c2ccccc2)cc(-c2ccc3oc4ccc5sc6ccccc6c5c4c3c2)n1. The first-order valence-electron chi connectivity index (χ1n) is 10.7. The van der Waals surface area contributed by atoms with Crippen LogP contribution < -0.4 is 0 Å². The van der Waals surface area contributed by atoms with Crippen LogP contribution in [-0.2, 0) is 0 Å². The highest BCUT2D eigenvalue weighted by Crippen LogP contribution is 2.43. The van der Waals surface area contributed by atoms with Gasteiger partial charge in [-0.05, 0) is 59.7 Å². The predicted octanol–water partition coefficient (Wildman–Crippen LogP) is 9.34. The Morgan fingerprint density at radius 2 is 1.42 bits per heavy atom. The van der Waals surface area contributed by atoms with E-state index in [4.69, 9.17) is 16.0 Å². The van der Waals surface area contributed by atoms with Crippen LogP contribution in [-0.4, -0.2) is 4.98 Å². The maximum Gasteiger partial charge on any atom is 0.136 e. The van der Waals surface area contributed by atoms with E-state index >= 15 is 0 Å². The summed E-state index contributed by atoms with van der Waals surface area (Å²) in [6.45, 7) is 0. The van der Waals surface area contributed by atoms with E-state index in [1.807, 2.05) is 41.7 Å². The van der Waals surface area contributed by atoms with E-state index in [9.17, 15) is 0 Å². The van der Waals surface area contributed by atoms with Gasteiger partial charge in [0.15, 0.2) is 0 Å². The van der Waals surface area contributed by atoms with Crippen molar-refractivity contribution < 1.29 is 4.42 Å². The molecular formula is C29H16ClNOS. The number of hydrogen-bond acceptors (Lipinski definition) is 3. The summed E-state index contributed by atoms with van der Waals surface area (Å²) in [5, 5.41) is 5.26. The summed E-state index contributed by atoms with van der Waals surface area (Å²) in [7, 11) is 0. The lowest BCUT2D eigenvalue weighted by Gasteiger charge is -2.07. The predicted molar refractivity (Wildman–Crippen MR) is 140 cm³/mol. The van der Waals surface area contributed by atoms with Gasteiger partial charge in [0.25, 0.3) is 0 Å². The Bertz CT molecular complexity index is 1830. The van der Waals surface area contributed by atoms with Gasteiger partial charge >= 0.3 is 0 Å². The third kappa shape index (κ3) is 2.97. The summed E-state index contributed by atoms with van der Waals surface area (Å²) in [6, 6.07) is 33.3. The number of benzene rings is 4. The van der Waals surface area contributed by atoms with Crippen molar-refractivity contribution in [1.82, 2.24) is 4.98 Å². The van der Waals surface area contributed by atoms with Crippen LogP contribution in [0, 0.1) is 0 Å². The van der Waals surface area contributed by atoms with E-state index in [0.717, 1.165) is 44.3 Å². The number of aromatic nitrogens is 1. The molecule has 0 N–H and O–H groups in total. The maximum atomic E-state index is 6.44. The van der Waals surface area contributed by atoms with Gasteiger partial charge in [-0.2, -0.15) is 0 Å². The van der Waals surface area contributed by atoms with Crippen LogP contribution in [0.25, 0.3) is 64.5 Å². The van der Waals surface area contributed by atoms with E-state index in [0.29, 0.717) is 5.15 Å². The number of thiophene rings is 1. The first-order chi connectivity index (χ1) is 16.2. The molecule has 4 heteroatoms. The summed E-state index contributed by atoms with van der Waals surface area (Å²) in [5.74, 6) is 0. The summed E-state index contributed by atoms with van der Waals surface area (Å²) in [4.78, 5) is 4.64. The minimum atomic E-state index is 0.481. The summed E-state index contributed by atoms with van der Waals surface area (Å²) in [6.07, 6.45) is 0. The number of nitrogens with zero attached hydrogens (tertiary/aromatic N) is 1. The standard InChI is InChI=1S/C29H16ClNOS/c30-27-16-19(17-6-2-1-3-7-17)15-22(31-27)18-10-11-23-21(14-18)28-24(32-23)12-13-26-29(28)20-8-4-5-9-25(20)33-26/h1-16H. The molecule has 0 atom stereocenters. The van der Waals surface area contributed by atoms with Crippen LogP contribution in [0.5, 0.6) is 0 Å². The first kappa shape index (κ1) is 18.9. The molecule has 2 nitrogen and oxygen atoms in total. The number of rotatable bonds is 2. The van der Waals surface area contributed by atoms with Crippen molar-refractivity contribution in [3.63, 3.8) is 0 Å². The van der Waals surface area contributed by atoms with Crippen molar-refractivity contribution in [2.75, 3.05) is 0 Å². The number of fused-ring (bicyclic) bond motifs is 7. The van der Waals surface area contributed by atoms with Gasteiger partial charge in [-0.1, -0.05) is 60.1 Å². The molecule has 0 amide bonds. The Morgan fingerprint density at radius 3 is 2.33 bits per heavy atom. The fourth-order valence-corrected chi connectivity index (χ4v) is 6.01. The van der Waals surface area contributed by atoms with Crippen LogP contribution in [0.4, 0.5) is 0 Å². The van der Waals surface area contributed by atoms with E-state index in [1.165, 1.54) is 20.2 Å². The molecule has 0 aliphatic carbocycles. The molecular weight excluding hydrogens is 446 g/mol. The highest BCUT2D eigenvalue weighted by molar-refractivity contribution is 7.26. The maximum absolute atomic E-state index is 6.44. The Hall–Kier alpha value is -3.66. The van der Waals surface area contributed by atoms with Gasteiger partial charge < -0.3 is 4.42 Å². The van der Waals surface area contributed by atoms with Gasteiger partial charge in [0.2, 0.25) is 0 Å². The molecule has 0 unspecified atom stereocenters. The van der Waals surface area contributed by atoms with E-state index in [2.05, 4.69) is 71.7 Å². The molecule has 33 heavy (non-hydrogen) atoms. The van der Waals surface area contributed by atoms with Crippen LogP contribution in [0.15, 0.2) is 101 Å². The lowest BCUT2D eigenvalue weighted by Crippen LogP contribution is -1.87. The molecule has 3 heterocycles. The Kier molecular flexibility index (Phi) is 4.10. The van der Waals surface area contributed by atoms with Crippen molar-refractivity contribution >= 4 is 65.0 Å². The zero-order valence-corrected chi connectivity index (χ0v) is 19.0. The topological polar surface area (TPSA) is 26.0 Å². The van der Waals surface area contributed by atoms with Crippen molar-refractivity contribution in [2.24, 2.45) is 0 Å². The molecule has 0 fully saturated rings. The van der Waals surface area contributed by atoms with E-state index < -0.39 is 0 Å².